The summed E-state index contributed by atoms with van der Waals surface area (Å²) < 4.78 is 29.0. The Bertz CT molecular complexity index is 1090. The fraction of sp³-hybridized carbons (Fsp3) is 0.100. The number of benzene rings is 2. The van der Waals surface area contributed by atoms with Crippen molar-refractivity contribution in [2.24, 2.45) is 0 Å². The molecule has 0 aliphatic rings. The van der Waals surface area contributed by atoms with Gasteiger partial charge in [0.15, 0.2) is 5.43 Å². The monoisotopic (exact) mass is 370 g/mol. The van der Waals surface area contributed by atoms with Crippen molar-refractivity contribution >= 4 is 11.7 Å². The second-order valence-corrected chi connectivity index (χ2v) is 6.12. The average Bonchev–Trinajstić information content (AvgIpc) is 2.61. The van der Waals surface area contributed by atoms with E-state index in [0.717, 1.165) is 24.0 Å². The van der Waals surface area contributed by atoms with Crippen LogP contribution >= 0.6 is 0 Å². The van der Waals surface area contributed by atoms with Crippen molar-refractivity contribution in [3.63, 3.8) is 0 Å². The van der Waals surface area contributed by atoms with Crippen LogP contribution in [0, 0.1) is 11.6 Å². The van der Waals surface area contributed by atoms with Gasteiger partial charge in [0.05, 0.1) is 11.4 Å². The van der Waals surface area contributed by atoms with Crippen LogP contribution in [0.1, 0.15) is 10.4 Å². The van der Waals surface area contributed by atoms with Crippen molar-refractivity contribution in [3.8, 4) is 16.9 Å². The van der Waals surface area contributed by atoms with Gasteiger partial charge in [-0.3, -0.25) is 4.79 Å². The van der Waals surface area contributed by atoms with E-state index in [4.69, 9.17) is 0 Å². The summed E-state index contributed by atoms with van der Waals surface area (Å²) in [7, 11) is 3.62. The zero-order chi connectivity index (χ0) is 19.7. The first-order chi connectivity index (χ1) is 12.8. The Labute approximate surface area is 153 Å². The van der Waals surface area contributed by atoms with E-state index in [-0.39, 0.29) is 5.69 Å². The lowest BCUT2D eigenvalue weighted by molar-refractivity contribution is 0.0695. The molecule has 7 heteroatoms. The van der Waals surface area contributed by atoms with Crippen molar-refractivity contribution in [1.82, 2.24) is 4.57 Å². The molecular formula is C20H16F2N2O3. The highest BCUT2D eigenvalue weighted by Gasteiger charge is 2.19. The largest absolute Gasteiger partial charge is 0.477 e. The molecule has 0 spiro atoms. The summed E-state index contributed by atoms with van der Waals surface area (Å²) in [4.78, 5) is 25.5. The van der Waals surface area contributed by atoms with E-state index in [1.54, 1.807) is 12.1 Å². The third kappa shape index (κ3) is 3.44. The highest BCUT2D eigenvalue weighted by Crippen LogP contribution is 2.31. The lowest BCUT2D eigenvalue weighted by Crippen LogP contribution is -2.19. The number of carbonyl (C=O) groups is 1. The van der Waals surface area contributed by atoms with E-state index in [2.05, 4.69) is 0 Å². The molecule has 0 saturated carbocycles. The topological polar surface area (TPSA) is 62.5 Å². The second kappa shape index (κ2) is 7.03. The van der Waals surface area contributed by atoms with E-state index >= 15 is 0 Å². The maximum Gasteiger partial charge on any atom is 0.341 e. The number of para-hydroxylation sites is 1. The van der Waals surface area contributed by atoms with Crippen LogP contribution in [0.25, 0.3) is 16.9 Å². The summed E-state index contributed by atoms with van der Waals surface area (Å²) in [6.07, 6.45) is 1.06. The van der Waals surface area contributed by atoms with Crippen LogP contribution in [0.5, 0.6) is 0 Å². The van der Waals surface area contributed by atoms with Crippen LogP contribution in [0.3, 0.4) is 0 Å². The van der Waals surface area contributed by atoms with Gasteiger partial charge < -0.3 is 14.6 Å². The van der Waals surface area contributed by atoms with Crippen LogP contribution in [0.15, 0.2) is 59.5 Å². The Kier molecular flexibility index (Phi) is 4.77. The molecule has 27 heavy (non-hydrogen) atoms. The smallest absolute Gasteiger partial charge is 0.341 e. The van der Waals surface area contributed by atoms with E-state index in [9.17, 15) is 23.5 Å². The molecule has 0 saturated heterocycles. The molecule has 5 nitrogen and oxygen atoms in total. The Morgan fingerprint density at radius 3 is 2.41 bits per heavy atom. The van der Waals surface area contributed by atoms with E-state index < -0.39 is 28.6 Å². The SMILES string of the molecule is CN(C)c1ccccc1-c1cc(=O)c(C(=O)O)cn1-c1ccc(F)cc1F. The van der Waals surface area contributed by atoms with Gasteiger partial charge in [-0.2, -0.15) is 0 Å². The van der Waals surface area contributed by atoms with Crippen molar-refractivity contribution < 1.29 is 18.7 Å². The van der Waals surface area contributed by atoms with Gasteiger partial charge in [0.1, 0.15) is 17.2 Å². The molecule has 0 atom stereocenters. The summed E-state index contributed by atoms with van der Waals surface area (Å²) in [6, 6.07) is 11.2. The molecule has 0 unspecified atom stereocenters. The predicted octanol–water partition coefficient (Wildman–Crippen LogP) is 3.55. The number of rotatable bonds is 4. The lowest BCUT2D eigenvalue weighted by atomic mass is 10.1. The van der Waals surface area contributed by atoms with Crippen LogP contribution in [-0.2, 0) is 0 Å². The molecule has 0 aliphatic carbocycles. The van der Waals surface area contributed by atoms with Gasteiger partial charge in [0, 0.05) is 43.7 Å². The Morgan fingerprint density at radius 1 is 1.07 bits per heavy atom. The quantitative estimate of drug-likeness (QED) is 0.763. The number of nitrogens with zero attached hydrogens (tertiary/aromatic N) is 2. The maximum atomic E-state index is 14.4. The summed E-state index contributed by atoms with van der Waals surface area (Å²) in [5.74, 6) is -3.06. The Balaban J connectivity index is 2.40. The first-order valence-electron chi connectivity index (χ1n) is 8.01. The second-order valence-electron chi connectivity index (χ2n) is 6.12. The van der Waals surface area contributed by atoms with Crippen LogP contribution in [0.2, 0.25) is 0 Å². The minimum Gasteiger partial charge on any atom is -0.477 e. The molecule has 0 radical (unpaired) electrons. The minimum absolute atomic E-state index is 0.0672. The molecule has 1 aromatic heterocycles. The summed E-state index contributed by atoms with van der Waals surface area (Å²) in [5.41, 5.74) is 0.355. The molecule has 3 aromatic rings. The fourth-order valence-corrected chi connectivity index (χ4v) is 2.86. The van der Waals surface area contributed by atoms with Gasteiger partial charge >= 0.3 is 5.97 Å². The number of carboxylic acid groups (broad SMARTS) is 1. The number of aromatic nitrogens is 1. The lowest BCUT2D eigenvalue weighted by Gasteiger charge is -2.21. The third-order valence-corrected chi connectivity index (χ3v) is 4.11. The zero-order valence-corrected chi connectivity index (χ0v) is 14.6. The van der Waals surface area contributed by atoms with Crippen molar-refractivity contribution in [1.29, 1.82) is 0 Å². The maximum absolute atomic E-state index is 14.4. The van der Waals surface area contributed by atoms with Gasteiger partial charge in [0.2, 0.25) is 0 Å². The summed E-state index contributed by atoms with van der Waals surface area (Å²) >= 11 is 0. The molecule has 0 amide bonds. The van der Waals surface area contributed by atoms with E-state index in [0.29, 0.717) is 17.3 Å². The van der Waals surface area contributed by atoms with Crippen LogP contribution in [-0.4, -0.2) is 29.7 Å². The Morgan fingerprint density at radius 2 is 1.78 bits per heavy atom. The Hall–Kier alpha value is -3.48. The molecule has 1 heterocycles. The minimum atomic E-state index is -1.43. The highest BCUT2D eigenvalue weighted by molar-refractivity contribution is 5.88. The molecule has 2 aromatic carbocycles. The zero-order valence-electron chi connectivity index (χ0n) is 14.6. The number of carboxylic acids is 1. The highest BCUT2D eigenvalue weighted by atomic mass is 19.1. The van der Waals surface area contributed by atoms with E-state index in [1.165, 1.54) is 10.6 Å². The van der Waals surface area contributed by atoms with E-state index in [1.807, 2.05) is 31.1 Å². The fourth-order valence-electron chi connectivity index (χ4n) is 2.86. The molecule has 138 valence electrons. The van der Waals surface area contributed by atoms with Gasteiger partial charge in [-0.1, -0.05) is 18.2 Å². The number of aromatic carboxylic acids is 1. The molecular weight excluding hydrogens is 354 g/mol. The first-order valence-corrected chi connectivity index (χ1v) is 8.01. The number of halogens is 2. The number of pyridine rings is 1. The third-order valence-electron chi connectivity index (χ3n) is 4.11. The number of anilines is 1. The molecule has 0 bridgehead atoms. The van der Waals surface area contributed by atoms with Crippen molar-refractivity contribution in [2.75, 3.05) is 19.0 Å². The molecule has 0 fully saturated rings. The van der Waals surface area contributed by atoms with Crippen LogP contribution < -0.4 is 10.3 Å². The number of hydrogen-bond acceptors (Lipinski definition) is 3. The van der Waals surface area contributed by atoms with Gasteiger partial charge in [-0.25, -0.2) is 13.6 Å². The first kappa shape index (κ1) is 18.3. The van der Waals surface area contributed by atoms with Crippen molar-refractivity contribution in [3.05, 3.63) is 82.1 Å². The predicted molar refractivity (Wildman–Crippen MR) is 98.7 cm³/mol. The summed E-state index contributed by atoms with van der Waals surface area (Å²) in [6.45, 7) is 0. The summed E-state index contributed by atoms with van der Waals surface area (Å²) in [5, 5.41) is 9.28. The van der Waals surface area contributed by atoms with Gasteiger partial charge in [-0.05, 0) is 18.2 Å². The standard InChI is InChI=1S/C20H16F2N2O3/c1-23(2)16-6-4-3-5-13(16)18-10-19(25)14(20(26)27)11-24(18)17-8-7-12(21)9-15(17)22/h3-11H,1-2H3,(H,26,27). The molecule has 3 rings (SSSR count). The average molecular weight is 370 g/mol. The molecule has 0 aliphatic heterocycles. The normalized spacial score (nSPS) is 10.7. The van der Waals surface area contributed by atoms with Gasteiger partial charge in [0.25, 0.3) is 0 Å². The molecule has 1 N–H and O–H groups in total. The van der Waals surface area contributed by atoms with Gasteiger partial charge in [-0.15, -0.1) is 0 Å². The van der Waals surface area contributed by atoms with Crippen molar-refractivity contribution in [2.45, 2.75) is 0 Å². The number of hydrogen-bond donors (Lipinski definition) is 1. The van der Waals surface area contributed by atoms with Crippen LogP contribution in [0.4, 0.5) is 14.5 Å².